The van der Waals surface area contributed by atoms with E-state index < -0.39 is 17.9 Å². The summed E-state index contributed by atoms with van der Waals surface area (Å²) in [5.74, 6) is -0.896. The van der Waals surface area contributed by atoms with E-state index in [0.29, 0.717) is 17.2 Å². The first-order valence-corrected chi connectivity index (χ1v) is 9.42. The van der Waals surface area contributed by atoms with Gasteiger partial charge in [0.25, 0.3) is 0 Å². The Kier molecular flexibility index (Phi) is 9.37. The predicted octanol–water partition coefficient (Wildman–Crippen LogP) is 2.30. The number of hydrogen-bond donors (Lipinski definition) is 3. The van der Waals surface area contributed by atoms with Crippen LogP contribution in [0.4, 0.5) is 0 Å². The molecule has 138 valence electrons. The van der Waals surface area contributed by atoms with Crippen molar-refractivity contribution in [3.05, 3.63) is 34.9 Å². The fourth-order valence-corrected chi connectivity index (χ4v) is 3.07. The Morgan fingerprint density at radius 1 is 1.24 bits per heavy atom. The van der Waals surface area contributed by atoms with Gasteiger partial charge >= 0.3 is 5.97 Å². The molecule has 0 bridgehead atoms. The number of nitrogens with one attached hydrogen (secondary N) is 2. The van der Waals surface area contributed by atoms with Gasteiger partial charge < -0.3 is 15.7 Å². The maximum Gasteiger partial charge on any atom is 0.326 e. The predicted molar refractivity (Wildman–Crippen MR) is 99.6 cm³/mol. The third-order valence-electron chi connectivity index (χ3n) is 3.18. The van der Waals surface area contributed by atoms with Gasteiger partial charge in [0.2, 0.25) is 11.8 Å². The van der Waals surface area contributed by atoms with Crippen LogP contribution in [-0.2, 0) is 20.1 Å². The first-order chi connectivity index (χ1) is 11.8. The van der Waals surface area contributed by atoms with E-state index in [-0.39, 0.29) is 24.1 Å². The summed E-state index contributed by atoms with van der Waals surface area (Å²) in [6, 6.07) is 6.44. The SMILES string of the molecule is CC(C)C[C@H](NC(=O)CNC(=O)CSCc1cccc(Cl)c1)C(=O)O. The van der Waals surface area contributed by atoms with Gasteiger partial charge in [-0.2, -0.15) is 0 Å². The average molecular weight is 387 g/mol. The fourth-order valence-electron chi connectivity index (χ4n) is 2.06. The van der Waals surface area contributed by atoms with Crippen LogP contribution in [0.5, 0.6) is 0 Å². The molecule has 0 saturated carbocycles. The number of aliphatic carboxylic acids is 1. The fraction of sp³-hybridized carbons (Fsp3) is 0.471. The largest absolute Gasteiger partial charge is 0.480 e. The Morgan fingerprint density at radius 2 is 1.96 bits per heavy atom. The summed E-state index contributed by atoms with van der Waals surface area (Å²) in [5, 5.41) is 14.6. The second kappa shape index (κ2) is 11.0. The summed E-state index contributed by atoms with van der Waals surface area (Å²) in [4.78, 5) is 34.6. The molecule has 6 nitrogen and oxygen atoms in total. The zero-order valence-corrected chi connectivity index (χ0v) is 15.8. The highest BCUT2D eigenvalue weighted by molar-refractivity contribution is 7.99. The normalized spacial score (nSPS) is 11.8. The molecular weight excluding hydrogens is 364 g/mol. The van der Waals surface area contributed by atoms with E-state index >= 15 is 0 Å². The Hall–Kier alpha value is -1.73. The molecule has 0 radical (unpaired) electrons. The van der Waals surface area contributed by atoms with E-state index in [1.165, 1.54) is 11.8 Å². The van der Waals surface area contributed by atoms with Crippen molar-refractivity contribution in [2.75, 3.05) is 12.3 Å². The molecule has 3 N–H and O–H groups in total. The van der Waals surface area contributed by atoms with Crippen molar-refractivity contribution in [2.24, 2.45) is 5.92 Å². The second-order valence-corrected chi connectivity index (χ2v) is 7.41. The molecular formula is C17H23ClN2O4S. The maximum absolute atomic E-state index is 11.8. The minimum atomic E-state index is -1.08. The Balaban J connectivity index is 2.28. The van der Waals surface area contributed by atoms with Gasteiger partial charge in [0, 0.05) is 10.8 Å². The minimum Gasteiger partial charge on any atom is -0.480 e. The molecule has 0 heterocycles. The average Bonchev–Trinajstić information content (AvgIpc) is 2.52. The van der Waals surface area contributed by atoms with Crippen LogP contribution in [0.25, 0.3) is 0 Å². The summed E-state index contributed by atoms with van der Waals surface area (Å²) in [6.45, 7) is 3.51. The maximum atomic E-state index is 11.8. The topological polar surface area (TPSA) is 95.5 Å². The van der Waals surface area contributed by atoms with Crippen LogP contribution in [-0.4, -0.2) is 41.2 Å². The van der Waals surface area contributed by atoms with Crippen molar-refractivity contribution >= 4 is 41.1 Å². The number of carbonyl (C=O) groups excluding carboxylic acids is 2. The second-order valence-electron chi connectivity index (χ2n) is 5.99. The van der Waals surface area contributed by atoms with Crippen LogP contribution < -0.4 is 10.6 Å². The van der Waals surface area contributed by atoms with Gasteiger partial charge in [0.15, 0.2) is 0 Å². The molecule has 25 heavy (non-hydrogen) atoms. The van der Waals surface area contributed by atoms with Crippen LogP contribution in [0.3, 0.4) is 0 Å². The molecule has 2 amide bonds. The van der Waals surface area contributed by atoms with Gasteiger partial charge in [-0.25, -0.2) is 4.79 Å². The first-order valence-electron chi connectivity index (χ1n) is 7.89. The van der Waals surface area contributed by atoms with E-state index in [1.807, 2.05) is 32.0 Å². The van der Waals surface area contributed by atoms with E-state index in [4.69, 9.17) is 16.7 Å². The number of carbonyl (C=O) groups is 3. The molecule has 0 fully saturated rings. The van der Waals surface area contributed by atoms with Gasteiger partial charge in [0.1, 0.15) is 6.04 Å². The van der Waals surface area contributed by atoms with Crippen molar-refractivity contribution in [2.45, 2.75) is 32.1 Å². The number of rotatable bonds is 10. The summed E-state index contributed by atoms with van der Waals surface area (Å²) < 4.78 is 0. The van der Waals surface area contributed by atoms with Crippen LogP contribution in [0, 0.1) is 5.92 Å². The molecule has 0 unspecified atom stereocenters. The summed E-state index contributed by atoms with van der Waals surface area (Å²) in [5.41, 5.74) is 1.01. The highest BCUT2D eigenvalue weighted by Gasteiger charge is 2.21. The minimum absolute atomic E-state index is 0.138. The molecule has 1 atom stereocenters. The smallest absolute Gasteiger partial charge is 0.326 e. The van der Waals surface area contributed by atoms with Gasteiger partial charge in [-0.3, -0.25) is 9.59 Å². The lowest BCUT2D eigenvalue weighted by molar-refractivity contribution is -0.142. The van der Waals surface area contributed by atoms with Gasteiger partial charge in [-0.15, -0.1) is 11.8 Å². The van der Waals surface area contributed by atoms with E-state index in [0.717, 1.165) is 5.56 Å². The van der Waals surface area contributed by atoms with Crippen molar-refractivity contribution in [1.29, 1.82) is 0 Å². The van der Waals surface area contributed by atoms with Gasteiger partial charge in [-0.1, -0.05) is 37.6 Å². The Labute approximate surface area is 156 Å². The number of carboxylic acids is 1. The zero-order chi connectivity index (χ0) is 18.8. The molecule has 1 rings (SSSR count). The number of benzene rings is 1. The van der Waals surface area contributed by atoms with Crippen molar-refractivity contribution in [3.63, 3.8) is 0 Å². The van der Waals surface area contributed by atoms with E-state index in [9.17, 15) is 14.4 Å². The Morgan fingerprint density at radius 3 is 2.56 bits per heavy atom. The first kappa shape index (κ1) is 21.3. The molecule has 1 aromatic carbocycles. The van der Waals surface area contributed by atoms with Crippen molar-refractivity contribution in [3.8, 4) is 0 Å². The number of halogens is 1. The zero-order valence-electron chi connectivity index (χ0n) is 14.3. The quantitative estimate of drug-likeness (QED) is 0.573. The summed E-state index contributed by atoms with van der Waals surface area (Å²) >= 11 is 7.30. The summed E-state index contributed by atoms with van der Waals surface area (Å²) in [6.07, 6.45) is 0.338. The standard InChI is InChI=1S/C17H23ClN2O4S/c1-11(2)6-14(17(23)24)20-15(21)8-19-16(22)10-25-9-12-4-3-5-13(18)7-12/h3-5,7,11,14H,6,8-10H2,1-2H3,(H,19,22)(H,20,21)(H,23,24)/t14-/m0/s1. The monoisotopic (exact) mass is 386 g/mol. The van der Waals surface area contributed by atoms with Crippen LogP contribution in [0.2, 0.25) is 5.02 Å². The van der Waals surface area contributed by atoms with E-state index in [1.54, 1.807) is 6.07 Å². The third-order valence-corrected chi connectivity index (χ3v) is 4.42. The molecule has 0 aliphatic carbocycles. The Bertz CT molecular complexity index is 610. The molecule has 8 heteroatoms. The number of thioether (sulfide) groups is 1. The van der Waals surface area contributed by atoms with Crippen LogP contribution in [0.1, 0.15) is 25.8 Å². The lowest BCUT2D eigenvalue weighted by atomic mass is 10.0. The van der Waals surface area contributed by atoms with Crippen molar-refractivity contribution < 1.29 is 19.5 Å². The van der Waals surface area contributed by atoms with E-state index in [2.05, 4.69) is 10.6 Å². The van der Waals surface area contributed by atoms with Gasteiger partial charge in [-0.05, 0) is 30.0 Å². The summed E-state index contributed by atoms with van der Waals surface area (Å²) in [7, 11) is 0. The third kappa shape index (κ3) is 9.36. The highest BCUT2D eigenvalue weighted by atomic mass is 35.5. The number of hydrogen-bond acceptors (Lipinski definition) is 4. The molecule has 0 aliphatic rings. The lowest BCUT2D eigenvalue weighted by Crippen LogP contribution is -2.46. The highest BCUT2D eigenvalue weighted by Crippen LogP contribution is 2.16. The lowest BCUT2D eigenvalue weighted by Gasteiger charge is -2.16. The molecule has 0 aliphatic heterocycles. The van der Waals surface area contributed by atoms with Gasteiger partial charge in [0.05, 0.1) is 12.3 Å². The van der Waals surface area contributed by atoms with Crippen LogP contribution in [0.15, 0.2) is 24.3 Å². The molecule has 0 aromatic heterocycles. The molecule has 0 spiro atoms. The van der Waals surface area contributed by atoms with Crippen molar-refractivity contribution in [1.82, 2.24) is 10.6 Å². The molecule has 1 aromatic rings. The molecule has 0 saturated heterocycles. The number of amides is 2. The number of carboxylic acid groups (broad SMARTS) is 1. The van der Waals surface area contributed by atoms with Crippen LogP contribution >= 0.6 is 23.4 Å².